The summed E-state index contributed by atoms with van der Waals surface area (Å²) in [4.78, 5) is 59.8. The van der Waals surface area contributed by atoms with Crippen molar-refractivity contribution in [2.45, 2.75) is 62.7 Å². The number of carboxylic acids is 4. The Labute approximate surface area is 316 Å². The number of H-pyrrole nitrogens is 1. The number of hydrogen-bond acceptors (Lipinski definition) is 13. The third-order valence-electron chi connectivity index (χ3n) is 7.33. The average molecular weight is 780 g/mol. The van der Waals surface area contributed by atoms with Crippen molar-refractivity contribution in [1.82, 2.24) is 15.3 Å². The number of fused-ring (bicyclic) bond motifs is 3. The third-order valence-corrected chi connectivity index (χ3v) is 8.34. The number of carboxylic acid groups (broad SMARTS) is 4. The molecule has 0 saturated heterocycles. The number of hydrogen-bond donors (Lipinski definition) is 11. The number of amides is 1. The number of nitrogens with two attached hydrogens (primary N) is 4. The highest BCUT2D eigenvalue weighted by Gasteiger charge is 2.24. The first kappa shape index (κ1) is 46.4. The number of imidazole rings is 1. The number of nitrogens with one attached hydrogen (secondary N) is 2. The van der Waals surface area contributed by atoms with E-state index >= 15 is 0 Å². The van der Waals surface area contributed by atoms with Crippen LogP contribution in [0.3, 0.4) is 0 Å². The molecule has 1 aromatic heterocycles. The molecule has 0 fully saturated rings. The molecule has 2 aromatic carbocycles. The van der Waals surface area contributed by atoms with Crippen molar-refractivity contribution in [3.8, 4) is 16.9 Å². The van der Waals surface area contributed by atoms with Gasteiger partial charge in [0, 0.05) is 36.0 Å². The molecule has 3 aromatic rings. The Morgan fingerprint density at radius 1 is 0.887 bits per heavy atom. The lowest BCUT2D eigenvalue weighted by Crippen LogP contribution is -2.43. The SMILES string of the molecule is CSCCC(N)C(=O)O.NC(Cc1cnc[nH]1)C(=O)O.NCCCCC(N)C(=O)O.O=C(NC(CS)C(=O)O)Oc1cccc2c1Cc1ccccc1-2. The summed E-state index contributed by atoms with van der Waals surface area (Å²) in [7, 11) is 0. The maximum atomic E-state index is 11.9. The Morgan fingerprint density at radius 2 is 1.51 bits per heavy atom. The van der Waals surface area contributed by atoms with Gasteiger partial charge in [0.2, 0.25) is 0 Å². The fourth-order valence-corrected chi connectivity index (χ4v) is 5.14. The van der Waals surface area contributed by atoms with E-state index in [9.17, 15) is 24.0 Å². The van der Waals surface area contributed by atoms with Gasteiger partial charge in [-0.25, -0.2) is 14.6 Å². The minimum absolute atomic E-state index is 0.0111. The maximum Gasteiger partial charge on any atom is 0.413 e. The number of thioether (sulfide) groups is 1. The minimum atomic E-state index is -1.15. The van der Waals surface area contributed by atoms with Crippen molar-refractivity contribution in [3.63, 3.8) is 0 Å². The summed E-state index contributed by atoms with van der Waals surface area (Å²) >= 11 is 5.51. The molecule has 14 N–H and O–H groups in total. The molecular formula is C34H49N7O10S2. The zero-order valence-corrected chi connectivity index (χ0v) is 30.9. The lowest BCUT2D eigenvalue weighted by atomic mass is 10.1. The summed E-state index contributed by atoms with van der Waals surface area (Å²) in [5.41, 5.74) is 25.9. The van der Waals surface area contributed by atoms with E-state index in [1.807, 2.05) is 42.7 Å². The first-order valence-corrected chi connectivity index (χ1v) is 18.3. The molecule has 4 unspecified atom stereocenters. The predicted molar refractivity (Wildman–Crippen MR) is 204 cm³/mol. The van der Waals surface area contributed by atoms with Gasteiger partial charge in [-0.3, -0.25) is 14.4 Å². The Hall–Kier alpha value is -4.66. The quantitative estimate of drug-likeness (QED) is 0.0570. The van der Waals surface area contributed by atoms with Gasteiger partial charge in [-0.05, 0) is 60.6 Å². The fourth-order valence-electron chi connectivity index (χ4n) is 4.40. The van der Waals surface area contributed by atoms with Gasteiger partial charge in [-0.2, -0.15) is 24.4 Å². The lowest BCUT2D eigenvalue weighted by Gasteiger charge is -2.13. The number of nitrogens with zero attached hydrogens (tertiary/aromatic N) is 1. The van der Waals surface area contributed by atoms with E-state index in [0.29, 0.717) is 31.6 Å². The van der Waals surface area contributed by atoms with Crippen LogP contribution in [0.5, 0.6) is 5.75 Å². The number of thiol groups is 1. The van der Waals surface area contributed by atoms with Gasteiger partial charge in [0.05, 0.1) is 6.33 Å². The first-order chi connectivity index (χ1) is 25.2. The van der Waals surface area contributed by atoms with Gasteiger partial charge in [0.15, 0.2) is 0 Å². The smallest absolute Gasteiger partial charge is 0.413 e. The molecule has 17 nitrogen and oxygen atoms in total. The van der Waals surface area contributed by atoms with Gasteiger partial charge in [-0.15, -0.1) is 0 Å². The summed E-state index contributed by atoms with van der Waals surface area (Å²) in [6.07, 6.45) is 7.87. The zero-order chi connectivity index (χ0) is 39.9. The number of unbranched alkanes of at least 4 members (excludes halogenated alkanes) is 1. The zero-order valence-electron chi connectivity index (χ0n) is 29.2. The minimum Gasteiger partial charge on any atom is -0.480 e. The van der Waals surface area contributed by atoms with Crippen LogP contribution in [0.2, 0.25) is 0 Å². The van der Waals surface area contributed by atoms with Crippen LogP contribution in [0.15, 0.2) is 55.0 Å². The van der Waals surface area contributed by atoms with Crippen LogP contribution < -0.4 is 33.0 Å². The van der Waals surface area contributed by atoms with Gasteiger partial charge >= 0.3 is 30.0 Å². The topological polar surface area (TPSA) is 320 Å². The Balaban J connectivity index is 0.000000394. The molecule has 53 heavy (non-hydrogen) atoms. The molecule has 1 aliphatic carbocycles. The lowest BCUT2D eigenvalue weighted by molar-refractivity contribution is -0.139. The van der Waals surface area contributed by atoms with Crippen LogP contribution >= 0.6 is 24.4 Å². The molecule has 0 bridgehead atoms. The number of aliphatic carboxylic acids is 4. The van der Waals surface area contributed by atoms with Crippen LogP contribution in [0.4, 0.5) is 4.79 Å². The normalized spacial score (nSPS) is 12.9. The summed E-state index contributed by atoms with van der Waals surface area (Å²) in [5.74, 6) is -2.75. The summed E-state index contributed by atoms with van der Waals surface area (Å²) in [6.45, 7) is 0.604. The first-order valence-electron chi connectivity index (χ1n) is 16.3. The van der Waals surface area contributed by atoms with Crippen LogP contribution in [-0.2, 0) is 32.0 Å². The number of carbonyl (C=O) groups excluding carboxylic acids is 1. The molecule has 4 rings (SSSR count). The van der Waals surface area contributed by atoms with E-state index in [4.69, 9.17) is 48.1 Å². The highest BCUT2D eigenvalue weighted by atomic mass is 32.2. The molecule has 1 amide bonds. The molecule has 0 saturated carbocycles. The second-order valence-electron chi connectivity index (χ2n) is 11.4. The van der Waals surface area contributed by atoms with Crippen molar-refractivity contribution in [2.75, 3.05) is 24.3 Å². The van der Waals surface area contributed by atoms with E-state index < -0.39 is 54.1 Å². The highest BCUT2D eigenvalue weighted by molar-refractivity contribution is 7.98. The van der Waals surface area contributed by atoms with Gasteiger partial charge in [-0.1, -0.05) is 42.8 Å². The third kappa shape index (κ3) is 17.6. The predicted octanol–water partition coefficient (Wildman–Crippen LogP) is 1.77. The number of ether oxygens (including phenoxy) is 1. The monoisotopic (exact) mass is 779 g/mol. The number of benzene rings is 2. The second-order valence-corrected chi connectivity index (χ2v) is 12.8. The van der Waals surface area contributed by atoms with Crippen molar-refractivity contribution in [1.29, 1.82) is 0 Å². The van der Waals surface area contributed by atoms with E-state index in [0.717, 1.165) is 41.0 Å². The van der Waals surface area contributed by atoms with Gasteiger partial charge in [0.25, 0.3) is 0 Å². The molecule has 292 valence electrons. The number of aromatic nitrogens is 2. The Kier molecular flexibility index (Phi) is 22.2. The van der Waals surface area contributed by atoms with E-state index in [1.165, 1.54) is 11.9 Å². The van der Waals surface area contributed by atoms with Gasteiger partial charge in [0.1, 0.15) is 29.9 Å². The molecule has 1 aliphatic rings. The second kappa shape index (κ2) is 25.3. The van der Waals surface area contributed by atoms with E-state index in [2.05, 4.69) is 27.9 Å². The molecule has 1 heterocycles. The molecule has 19 heteroatoms. The number of rotatable bonds is 16. The van der Waals surface area contributed by atoms with Crippen molar-refractivity contribution >= 4 is 54.4 Å². The summed E-state index contributed by atoms with van der Waals surface area (Å²) in [5, 5.41) is 36.3. The van der Waals surface area contributed by atoms with E-state index in [-0.39, 0.29) is 12.2 Å². The molecule has 0 spiro atoms. The summed E-state index contributed by atoms with van der Waals surface area (Å²) < 4.78 is 5.32. The van der Waals surface area contributed by atoms with Gasteiger partial charge < -0.3 is 58.4 Å². The Morgan fingerprint density at radius 3 is 2.06 bits per heavy atom. The van der Waals surface area contributed by atoms with Crippen LogP contribution in [0.1, 0.15) is 42.5 Å². The van der Waals surface area contributed by atoms with Crippen molar-refractivity contribution in [2.24, 2.45) is 22.9 Å². The standard InChI is InChI=1S/C17H15NO4S.C6H9N3O2.C6H14N2O2.C5H11NO2S/c19-16(20)14(9-23)18-17(21)22-15-7-3-6-12-11-5-2-1-4-10(11)8-13(12)15;7-5(6(10)11)1-4-2-8-3-9-4;7-4-2-1-3-5(8)6(9)10;1-9-3-2-4(6)5(7)8/h1-7,14,23H,8-9H2,(H,18,21)(H,19,20);2-3,5H,1,7H2,(H,8,9)(H,10,11);5H,1-4,7-8H2,(H,9,10);4H,2-3,6H2,1H3,(H,7,8). The van der Waals surface area contributed by atoms with Crippen LogP contribution in [0, 0.1) is 0 Å². The fraction of sp³-hybridized carbons (Fsp3) is 0.412. The largest absolute Gasteiger partial charge is 0.480 e. The maximum absolute atomic E-state index is 11.9. The summed E-state index contributed by atoms with van der Waals surface area (Å²) in [6, 6.07) is 10.2. The highest BCUT2D eigenvalue weighted by Crippen LogP contribution is 2.40. The average Bonchev–Trinajstić information content (AvgIpc) is 3.78. The molecule has 4 atom stereocenters. The molecule has 0 aliphatic heterocycles. The molecular weight excluding hydrogens is 731 g/mol. The van der Waals surface area contributed by atoms with Crippen LogP contribution in [0.25, 0.3) is 11.1 Å². The van der Waals surface area contributed by atoms with E-state index in [1.54, 1.807) is 24.0 Å². The van der Waals surface area contributed by atoms with Crippen molar-refractivity contribution in [3.05, 3.63) is 71.8 Å². The van der Waals surface area contributed by atoms with Crippen molar-refractivity contribution < 1.29 is 49.1 Å². The Bertz CT molecular complexity index is 1600. The van der Waals surface area contributed by atoms with Crippen LogP contribution in [-0.4, -0.2) is 109 Å². The molecule has 0 radical (unpaired) electrons. The number of aromatic amines is 1. The number of carbonyl (C=O) groups is 5.